The summed E-state index contributed by atoms with van der Waals surface area (Å²) in [6.07, 6.45) is 18.5. The van der Waals surface area contributed by atoms with Crippen LogP contribution in [0.5, 0.6) is 0 Å². The number of unbranched alkanes of at least 4 members (excludes halogenated alkanes) is 10. The molecule has 1 aliphatic rings. The Balaban J connectivity index is 1.83. The Kier molecular flexibility index (Phi) is 11.2. The normalized spacial score (nSPS) is 18.7. The molecule has 3 nitrogen and oxygen atoms in total. The molecule has 3 N–H and O–H groups in total. The molecule has 0 amide bonds. The summed E-state index contributed by atoms with van der Waals surface area (Å²) in [5.74, 6) is 0. The molecule has 1 saturated carbocycles. The smallest absolute Gasteiger partial charge is 0.117 e. The van der Waals surface area contributed by atoms with E-state index in [4.69, 9.17) is 0 Å². The average molecular weight is 314 g/mol. The molecule has 0 saturated heterocycles. The zero-order valence-electron chi connectivity index (χ0n) is 14.8. The average Bonchev–Trinajstić information content (AvgIpc) is 2.91. The van der Waals surface area contributed by atoms with Crippen LogP contribution >= 0.6 is 0 Å². The third-order valence-electron chi connectivity index (χ3n) is 4.95. The molecule has 0 aliphatic heterocycles. The first-order chi connectivity index (χ1) is 10.7. The molecule has 22 heavy (non-hydrogen) atoms. The molecule has 0 bridgehead atoms. The maximum absolute atomic E-state index is 10.2. The topological polar surface area (TPSA) is 52.5 Å². The molecule has 0 aromatic rings. The highest BCUT2D eigenvalue weighted by atomic mass is 16.3. The van der Waals surface area contributed by atoms with Crippen LogP contribution in [0.15, 0.2) is 0 Å². The molecule has 3 heteroatoms. The van der Waals surface area contributed by atoms with E-state index in [1.165, 1.54) is 64.2 Å². The molecule has 1 fully saturated rings. The molecule has 1 atom stereocenters. The van der Waals surface area contributed by atoms with Crippen LogP contribution in [0.25, 0.3) is 0 Å². The zero-order valence-corrected chi connectivity index (χ0v) is 14.8. The van der Waals surface area contributed by atoms with E-state index in [0.717, 1.165) is 38.5 Å². The fourth-order valence-electron chi connectivity index (χ4n) is 3.49. The molecule has 0 spiro atoms. The van der Waals surface area contributed by atoms with Crippen LogP contribution in [0.2, 0.25) is 0 Å². The lowest BCUT2D eigenvalue weighted by molar-refractivity contribution is -0.0441. The number of nitrogens with one attached hydrogen (secondary N) is 1. The fourth-order valence-corrected chi connectivity index (χ4v) is 3.49. The van der Waals surface area contributed by atoms with Gasteiger partial charge in [0.05, 0.1) is 0 Å². The molecule has 132 valence electrons. The van der Waals surface area contributed by atoms with Crippen molar-refractivity contribution in [3.8, 4) is 0 Å². The largest absolute Gasteiger partial charge is 0.379 e. The Labute approximate surface area is 137 Å². The summed E-state index contributed by atoms with van der Waals surface area (Å²) in [5, 5.41) is 23.1. The van der Waals surface area contributed by atoms with E-state index in [2.05, 4.69) is 12.2 Å². The highest BCUT2D eigenvalue weighted by molar-refractivity contribution is 4.82. The monoisotopic (exact) mass is 313 g/mol. The first-order valence-corrected chi connectivity index (χ1v) is 9.84. The number of rotatable bonds is 14. The predicted octanol–water partition coefficient (Wildman–Crippen LogP) is 4.86. The van der Waals surface area contributed by atoms with Gasteiger partial charge in [-0.15, -0.1) is 0 Å². The highest BCUT2D eigenvalue weighted by Crippen LogP contribution is 2.27. The van der Waals surface area contributed by atoms with Crippen LogP contribution < -0.4 is 5.32 Å². The molecular weight excluding hydrogens is 274 g/mol. The predicted molar refractivity (Wildman–Crippen MR) is 93.6 cm³/mol. The maximum atomic E-state index is 10.2. The lowest BCUT2D eigenvalue weighted by atomic mass is 10.0. The van der Waals surface area contributed by atoms with E-state index in [1.807, 2.05) is 0 Å². The van der Waals surface area contributed by atoms with Gasteiger partial charge in [-0.2, -0.15) is 0 Å². The standard InChI is InChI=1S/C19H39NO2/c1-2-3-4-5-6-7-8-9-10-11-12-15-18(21)20-19(22)16-13-14-17-19/h18,20-22H,2-17H2,1H3. The first kappa shape index (κ1) is 19.9. The molecular formula is C19H39NO2. The van der Waals surface area contributed by atoms with Crippen molar-refractivity contribution in [2.24, 2.45) is 0 Å². The Morgan fingerprint density at radius 1 is 0.818 bits per heavy atom. The van der Waals surface area contributed by atoms with Crippen molar-refractivity contribution in [3.63, 3.8) is 0 Å². The van der Waals surface area contributed by atoms with Crippen molar-refractivity contribution >= 4 is 0 Å². The first-order valence-electron chi connectivity index (χ1n) is 9.84. The third-order valence-corrected chi connectivity index (χ3v) is 4.95. The molecule has 0 aromatic carbocycles. The molecule has 0 heterocycles. The van der Waals surface area contributed by atoms with Gasteiger partial charge < -0.3 is 10.2 Å². The van der Waals surface area contributed by atoms with E-state index >= 15 is 0 Å². The minimum Gasteiger partial charge on any atom is -0.379 e. The van der Waals surface area contributed by atoms with Crippen LogP contribution in [0, 0.1) is 0 Å². The van der Waals surface area contributed by atoms with Gasteiger partial charge in [-0.05, 0) is 38.5 Å². The summed E-state index contributed by atoms with van der Waals surface area (Å²) in [6, 6.07) is 0. The summed E-state index contributed by atoms with van der Waals surface area (Å²) in [6.45, 7) is 2.26. The SMILES string of the molecule is CCCCCCCCCCCCCC(O)NC1(O)CCCC1. The van der Waals surface area contributed by atoms with Crippen LogP contribution in [-0.4, -0.2) is 22.2 Å². The molecule has 1 unspecified atom stereocenters. The van der Waals surface area contributed by atoms with Crippen molar-refractivity contribution in [1.82, 2.24) is 5.32 Å². The molecule has 0 radical (unpaired) electrons. The number of hydrogen-bond acceptors (Lipinski definition) is 3. The number of hydrogen-bond donors (Lipinski definition) is 3. The van der Waals surface area contributed by atoms with Crippen LogP contribution in [0.3, 0.4) is 0 Å². The van der Waals surface area contributed by atoms with Gasteiger partial charge in [0, 0.05) is 0 Å². The van der Waals surface area contributed by atoms with Gasteiger partial charge >= 0.3 is 0 Å². The van der Waals surface area contributed by atoms with Crippen LogP contribution in [0.1, 0.15) is 110 Å². The fraction of sp³-hybridized carbons (Fsp3) is 1.00. The molecule has 1 rings (SSSR count). The lowest BCUT2D eigenvalue weighted by Gasteiger charge is -2.27. The Morgan fingerprint density at radius 3 is 1.77 bits per heavy atom. The molecule has 1 aliphatic carbocycles. The van der Waals surface area contributed by atoms with Crippen molar-refractivity contribution in [2.75, 3.05) is 0 Å². The summed E-state index contributed by atoms with van der Waals surface area (Å²) >= 11 is 0. The summed E-state index contributed by atoms with van der Waals surface area (Å²) < 4.78 is 0. The van der Waals surface area contributed by atoms with Gasteiger partial charge in [0.2, 0.25) is 0 Å². The van der Waals surface area contributed by atoms with Gasteiger partial charge in [-0.25, -0.2) is 0 Å². The van der Waals surface area contributed by atoms with Crippen molar-refractivity contribution < 1.29 is 10.2 Å². The molecule has 0 aromatic heterocycles. The minimum atomic E-state index is -0.794. The van der Waals surface area contributed by atoms with Crippen molar-refractivity contribution in [3.05, 3.63) is 0 Å². The van der Waals surface area contributed by atoms with E-state index in [-0.39, 0.29) is 0 Å². The van der Waals surface area contributed by atoms with Crippen LogP contribution in [0.4, 0.5) is 0 Å². The van der Waals surface area contributed by atoms with Gasteiger partial charge in [-0.3, -0.25) is 5.32 Å². The van der Waals surface area contributed by atoms with E-state index in [0.29, 0.717) is 0 Å². The maximum Gasteiger partial charge on any atom is 0.117 e. The Bertz CT molecular complexity index is 252. The second-order valence-corrected chi connectivity index (χ2v) is 7.22. The van der Waals surface area contributed by atoms with Crippen molar-refractivity contribution in [2.45, 2.75) is 122 Å². The van der Waals surface area contributed by atoms with E-state index in [1.54, 1.807) is 0 Å². The summed E-state index contributed by atoms with van der Waals surface area (Å²) in [7, 11) is 0. The van der Waals surface area contributed by atoms with Crippen molar-refractivity contribution in [1.29, 1.82) is 0 Å². The quantitative estimate of drug-likeness (QED) is 0.317. The Hall–Kier alpha value is -0.120. The summed E-state index contributed by atoms with van der Waals surface area (Å²) in [5.41, 5.74) is -0.794. The second-order valence-electron chi connectivity index (χ2n) is 7.22. The van der Waals surface area contributed by atoms with Gasteiger partial charge in [0.15, 0.2) is 0 Å². The van der Waals surface area contributed by atoms with Gasteiger partial charge in [0.25, 0.3) is 0 Å². The van der Waals surface area contributed by atoms with Gasteiger partial charge in [0.1, 0.15) is 12.0 Å². The summed E-state index contributed by atoms with van der Waals surface area (Å²) in [4.78, 5) is 0. The van der Waals surface area contributed by atoms with E-state index in [9.17, 15) is 10.2 Å². The van der Waals surface area contributed by atoms with Gasteiger partial charge in [-0.1, -0.05) is 71.1 Å². The number of aliphatic hydroxyl groups is 2. The number of aliphatic hydroxyl groups excluding tert-OH is 1. The Morgan fingerprint density at radius 2 is 1.27 bits per heavy atom. The lowest BCUT2D eigenvalue weighted by Crippen LogP contribution is -2.48. The van der Waals surface area contributed by atoms with Crippen LogP contribution in [-0.2, 0) is 0 Å². The third kappa shape index (κ3) is 9.81. The zero-order chi connectivity index (χ0) is 16.1. The minimum absolute atomic E-state index is 0.540. The second kappa shape index (κ2) is 12.3. The van der Waals surface area contributed by atoms with E-state index < -0.39 is 12.0 Å². The highest BCUT2D eigenvalue weighted by Gasteiger charge is 2.32.